The highest BCUT2D eigenvalue weighted by Gasteiger charge is 2.08. The first-order valence-corrected chi connectivity index (χ1v) is 8.82. The van der Waals surface area contributed by atoms with Crippen molar-refractivity contribution in [1.82, 2.24) is 15.5 Å². The zero-order valence-electron chi connectivity index (χ0n) is 16.0. The van der Waals surface area contributed by atoms with Gasteiger partial charge in [-0.2, -0.15) is 0 Å². The molecule has 2 aromatic rings. The first-order chi connectivity index (χ1) is 12.5. The second-order valence-electron chi connectivity index (χ2n) is 6.29. The molecule has 138 valence electrons. The maximum Gasteiger partial charge on any atom is 0.251 e. The predicted molar refractivity (Wildman–Crippen MR) is 108 cm³/mol. The van der Waals surface area contributed by atoms with Gasteiger partial charge in [-0.15, -0.1) is 0 Å². The van der Waals surface area contributed by atoms with E-state index in [-0.39, 0.29) is 5.91 Å². The van der Waals surface area contributed by atoms with E-state index in [0.717, 1.165) is 31.0 Å². The molecule has 0 unspecified atom stereocenters. The number of aliphatic imine (C=N–C) groups is 1. The van der Waals surface area contributed by atoms with Crippen LogP contribution < -0.4 is 10.6 Å². The van der Waals surface area contributed by atoms with E-state index in [1.54, 1.807) is 14.1 Å². The smallest absolute Gasteiger partial charge is 0.251 e. The van der Waals surface area contributed by atoms with Crippen molar-refractivity contribution in [3.8, 4) is 0 Å². The third kappa shape index (κ3) is 5.34. The first-order valence-electron chi connectivity index (χ1n) is 8.82. The lowest BCUT2D eigenvalue weighted by atomic mass is 10.1. The van der Waals surface area contributed by atoms with Gasteiger partial charge in [0.2, 0.25) is 0 Å². The summed E-state index contributed by atoms with van der Waals surface area (Å²) in [6, 6.07) is 16.1. The minimum atomic E-state index is -0.0615. The molecule has 0 fully saturated rings. The number of carbonyl (C=O) groups excluding carboxylic acids is 1. The van der Waals surface area contributed by atoms with E-state index in [0.29, 0.717) is 5.56 Å². The molecular formula is C21H28N4O. The maximum absolute atomic E-state index is 11.7. The number of amides is 1. The molecule has 2 N–H and O–H groups in total. The number of benzene rings is 2. The van der Waals surface area contributed by atoms with Crippen LogP contribution >= 0.6 is 0 Å². The number of rotatable bonds is 6. The van der Waals surface area contributed by atoms with Crippen LogP contribution in [0.3, 0.4) is 0 Å². The molecule has 5 heteroatoms. The van der Waals surface area contributed by atoms with Crippen LogP contribution in [0, 0.1) is 6.92 Å². The van der Waals surface area contributed by atoms with Crippen molar-refractivity contribution in [2.45, 2.75) is 19.9 Å². The van der Waals surface area contributed by atoms with Gasteiger partial charge < -0.3 is 15.5 Å². The Morgan fingerprint density at radius 3 is 2.62 bits per heavy atom. The zero-order valence-corrected chi connectivity index (χ0v) is 16.0. The fraction of sp³-hybridized carbons (Fsp3) is 0.333. The molecule has 0 aliphatic carbocycles. The Kier molecular flexibility index (Phi) is 7.21. The number of hydrogen-bond acceptors (Lipinski definition) is 2. The van der Waals surface area contributed by atoms with Gasteiger partial charge in [-0.3, -0.25) is 9.79 Å². The molecule has 0 heterocycles. The third-order valence-corrected chi connectivity index (χ3v) is 4.36. The number of carbonyl (C=O) groups is 1. The van der Waals surface area contributed by atoms with E-state index in [1.807, 2.05) is 31.3 Å². The highest BCUT2D eigenvalue weighted by Crippen LogP contribution is 2.10. The average molecular weight is 352 g/mol. The lowest BCUT2D eigenvalue weighted by molar-refractivity contribution is 0.0963. The van der Waals surface area contributed by atoms with Crippen molar-refractivity contribution in [2.24, 2.45) is 4.99 Å². The highest BCUT2D eigenvalue weighted by atomic mass is 16.1. The Bertz CT molecular complexity index is 770. The summed E-state index contributed by atoms with van der Waals surface area (Å²) in [5.74, 6) is 0.796. The van der Waals surface area contributed by atoms with Crippen LogP contribution in [0.5, 0.6) is 0 Å². The van der Waals surface area contributed by atoms with E-state index in [4.69, 9.17) is 0 Å². The number of guanidine groups is 1. The maximum atomic E-state index is 11.7. The lowest BCUT2D eigenvalue weighted by Crippen LogP contribution is -2.39. The first kappa shape index (κ1) is 19.5. The number of aryl methyl sites for hydroxylation is 1. The zero-order chi connectivity index (χ0) is 18.9. The summed E-state index contributed by atoms with van der Waals surface area (Å²) < 4.78 is 0. The fourth-order valence-electron chi connectivity index (χ4n) is 2.83. The van der Waals surface area contributed by atoms with Gasteiger partial charge in [-0.1, -0.05) is 36.4 Å². The normalized spacial score (nSPS) is 11.2. The van der Waals surface area contributed by atoms with Crippen molar-refractivity contribution in [2.75, 3.05) is 27.7 Å². The molecule has 0 atom stereocenters. The second-order valence-corrected chi connectivity index (χ2v) is 6.29. The Hall–Kier alpha value is -2.82. The van der Waals surface area contributed by atoms with Crippen molar-refractivity contribution >= 4 is 11.9 Å². The van der Waals surface area contributed by atoms with Gasteiger partial charge in [0.15, 0.2) is 5.96 Å². The summed E-state index contributed by atoms with van der Waals surface area (Å²) in [6.45, 7) is 3.68. The van der Waals surface area contributed by atoms with Crippen molar-refractivity contribution in [1.29, 1.82) is 0 Å². The van der Waals surface area contributed by atoms with E-state index in [1.165, 1.54) is 11.1 Å². The fourth-order valence-corrected chi connectivity index (χ4v) is 2.83. The van der Waals surface area contributed by atoms with E-state index in [9.17, 15) is 4.79 Å². The quantitative estimate of drug-likeness (QED) is 0.621. The van der Waals surface area contributed by atoms with Crippen molar-refractivity contribution in [3.05, 3.63) is 70.8 Å². The molecule has 0 aliphatic rings. The van der Waals surface area contributed by atoms with Gasteiger partial charge in [0, 0.05) is 39.8 Å². The SMILES string of the molecule is CN=C(NCCc1cccc(C(=O)NC)c1)N(C)Cc1ccccc1C. The summed E-state index contributed by atoms with van der Waals surface area (Å²) in [4.78, 5) is 18.2. The molecule has 26 heavy (non-hydrogen) atoms. The van der Waals surface area contributed by atoms with Crippen LogP contribution in [0.1, 0.15) is 27.0 Å². The largest absolute Gasteiger partial charge is 0.356 e. The van der Waals surface area contributed by atoms with Crippen LogP contribution in [0.15, 0.2) is 53.5 Å². The van der Waals surface area contributed by atoms with Crippen molar-refractivity contribution < 1.29 is 4.79 Å². The molecule has 0 radical (unpaired) electrons. The lowest BCUT2D eigenvalue weighted by Gasteiger charge is -2.23. The standard InChI is InChI=1S/C21H28N4O/c1-16-8-5-6-10-19(16)15-25(4)21(23-3)24-13-12-17-9-7-11-18(14-17)20(26)22-2/h5-11,14H,12-13,15H2,1-4H3,(H,22,26)(H,23,24). The molecule has 0 spiro atoms. The minimum absolute atomic E-state index is 0.0615. The molecule has 1 amide bonds. The monoisotopic (exact) mass is 352 g/mol. The highest BCUT2D eigenvalue weighted by molar-refractivity contribution is 5.94. The van der Waals surface area contributed by atoms with Crippen LogP contribution in [-0.2, 0) is 13.0 Å². The minimum Gasteiger partial charge on any atom is -0.356 e. The second kappa shape index (κ2) is 9.61. The molecule has 0 aromatic heterocycles. The number of nitrogens with zero attached hydrogens (tertiary/aromatic N) is 2. The molecule has 2 rings (SSSR count). The summed E-state index contributed by atoms with van der Waals surface area (Å²) >= 11 is 0. The number of hydrogen-bond donors (Lipinski definition) is 2. The molecule has 0 aliphatic heterocycles. The average Bonchev–Trinajstić information content (AvgIpc) is 2.66. The molecule has 2 aromatic carbocycles. The molecular weight excluding hydrogens is 324 g/mol. The summed E-state index contributed by atoms with van der Waals surface area (Å²) in [6.07, 6.45) is 0.821. The van der Waals surface area contributed by atoms with Gasteiger partial charge in [0.05, 0.1) is 0 Å². The Morgan fingerprint density at radius 1 is 1.15 bits per heavy atom. The van der Waals surface area contributed by atoms with Gasteiger partial charge in [-0.25, -0.2) is 0 Å². The van der Waals surface area contributed by atoms with Gasteiger partial charge in [0.25, 0.3) is 5.91 Å². The summed E-state index contributed by atoms with van der Waals surface area (Å²) in [5, 5.41) is 6.05. The van der Waals surface area contributed by atoms with E-state index >= 15 is 0 Å². The van der Waals surface area contributed by atoms with Gasteiger partial charge >= 0.3 is 0 Å². The van der Waals surface area contributed by atoms with Gasteiger partial charge in [-0.05, 0) is 42.2 Å². The number of nitrogens with one attached hydrogen (secondary N) is 2. The van der Waals surface area contributed by atoms with E-state index < -0.39 is 0 Å². The molecule has 0 saturated carbocycles. The summed E-state index contributed by atoms with van der Waals surface area (Å²) in [7, 11) is 5.47. The summed E-state index contributed by atoms with van der Waals surface area (Å²) in [5.41, 5.74) is 4.37. The topological polar surface area (TPSA) is 56.7 Å². The van der Waals surface area contributed by atoms with Gasteiger partial charge in [0.1, 0.15) is 0 Å². The van der Waals surface area contributed by atoms with Crippen LogP contribution in [0.4, 0.5) is 0 Å². The third-order valence-electron chi connectivity index (χ3n) is 4.36. The van der Waals surface area contributed by atoms with E-state index in [2.05, 4.69) is 51.7 Å². The molecule has 5 nitrogen and oxygen atoms in total. The van der Waals surface area contributed by atoms with Crippen LogP contribution in [0.2, 0.25) is 0 Å². The Balaban J connectivity index is 1.91. The van der Waals surface area contributed by atoms with Crippen LogP contribution in [0.25, 0.3) is 0 Å². The van der Waals surface area contributed by atoms with Crippen molar-refractivity contribution in [3.63, 3.8) is 0 Å². The Morgan fingerprint density at radius 2 is 1.92 bits per heavy atom. The Labute approximate surface area is 156 Å². The van der Waals surface area contributed by atoms with Crippen LogP contribution in [-0.4, -0.2) is 44.5 Å². The molecule has 0 saturated heterocycles. The predicted octanol–water partition coefficient (Wildman–Crippen LogP) is 2.60. The molecule has 0 bridgehead atoms.